The molecule has 142 valence electrons. The molecule has 7 nitrogen and oxygen atoms in total. The van der Waals surface area contributed by atoms with E-state index in [0.29, 0.717) is 18.8 Å². The summed E-state index contributed by atoms with van der Waals surface area (Å²) in [5.41, 5.74) is 2.43. The Morgan fingerprint density at radius 3 is 2.67 bits per heavy atom. The minimum absolute atomic E-state index is 0.213. The van der Waals surface area contributed by atoms with E-state index in [1.165, 1.54) is 12.1 Å². The van der Waals surface area contributed by atoms with Gasteiger partial charge in [0.2, 0.25) is 10.0 Å². The molecule has 1 aromatic heterocycles. The molecule has 27 heavy (non-hydrogen) atoms. The number of nitrogens with one attached hydrogen (secondary N) is 2. The van der Waals surface area contributed by atoms with E-state index in [9.17, 15) is 12.8 Å². The Balaban J connectivity index is 1.41. The zero-order valence-electron chi connectivity index (χ0n) is 14.5. The van der Waals surface area contributed by atoms with Crippen molar-refractivity contribution in [2.45, 2.75) is 23.8 Å². The highest BCUT2D eigenvalue weighted by molar-refractivity contribution is 7.89. The number of piperidine rings is 1. The third-order valence-electron chi connectivity index (χ3n) is 4.89. The molecule has 1 fully saturated rings. The molecule has 9 heteroatoms. The molecular weight excluding hydrogens is 369 g/mol. The second-order valence-corrected chi connectivity index (χ2v) is 8.30. The highest BCUT2D eigenvalue weighted by atomic mass is 32.2. The number of anilines is 2. The van der Waals surface area contributed by atoms with Crippen molar-refractivity contribution in [3.8, 4) is 0 Å². The number of sulfonamides is 1. The SMILES string of the molecule is NS(=O)(=O)c1ccc(N2CCC(Nc3ccc4[nH]ncc4c3)CC2)c(F)c1. The first kappa shape index (κ1) is 17.7. The van der Waals surface area contributed by atoms with Gasteiger partial charge in [0.1, 0.15) is 5.82 Å². The molecule has 0 bridgehead atoms. The lowest BCUT2D eigenvalue weighted by Gasteiger charge is -2.34. The molecule has 0 amide bonds. The summed E-state index contributed by atoms with van der Waals surface area (Å²) in [5.74, 6) is -0.571. The van der Waals surface area contributed by atoms with Crippen LogP contribution in [0.2, 0.25) is 0 Å². The summed E-state index contributed by atoms with van der Waals surface area (Å²) in [6.07, 6.45) is 3.48. The molecule has 1 saturated heterocycles. The molecule has 0 atom stereocenters. The lowest BCUT2D eigenvalue weighted by molar-refractivity contribution is 0.516. The van der Waals surface area contributed by atoms with Crippen LogP contribution in [0.15, 0.2) is 47.5 Å². The van der Waals surface area contributed by atoms with E-state index in [1.54, 1.807) is 6.20 Å². The van der Waals surface area contributed by atoms with E-state index in [1.807, 2.05) is 17.0 Å². The van der Waals surface area contributed by atoms with Gasteiger partial charge < -0.3 is 10.2 Å². The van der Waals surface area contributed by atoms with Crippen molar-refractivity contribution < 1.29 is 12.8 Å². The molecule has 0 saturated carbocycles. The minimum atomic E-state index is -3.90. The van der Waals surface area contributed by atoms with Gasteiger partial charge in [-0.1, -0.05) is 0 Å². The van der Waals surface area contributed by atoms with Crippen LogP contribution in [0.3, 0.4) is 0 Å². The largest absolute Gasteiger partial charge is 0.382 e. The molecule has 2 heterocycles. The number of aromatic nitrogens is 2. The average Bonchev–Trinajstić information content (AvgIpc) is 3.09. The van der Waals surface area contributed by atoms with Gasteiger partial charge in [-0.05, 0) is 49.2 Å². The van der Waals surface area contributed by atoms with Crippen molar-refractivity contribution in [1.82, 2.24) is 10.2 Å². The van der Waals surface area contributed by atoms with Crippen LogP contribution < -0.4 is 15.4 Å². The van der Waals surface area contributed by atoms with E-state index in [-0.39, 0.29) is 10.9 Å². The van der Waals surface area contributed by atoms with E-state index in [2.05, 4.69) is 21.6 Å². The third-order valence-corrected chi connectivity index (χ3v) is 5.81. The van der Waals surface area contributed by atoms with Crippen molar-refractivity contribution in [3.63, 3.8) is 0 Å². The Morgan fingerprint density at radius 1 is 1.19 bits per heavy atom. The fourth-order valence-corrected chi connectivity index (χ4v) is 3.98. The summed E-state index contributed by atoms with van der Waals surface area (Å²) in [5, 5.41) is 16.6. The summed E-state index contributed by atoms with van der Waals surface area (Å²) in [6.45, 7) is 1.36. The Bertz CT molecular complexity index is 1070. The molecular formula is C18H20FN5O2S. The quantitative estimate of drug-likeness (QED) is 0.636. The van der Waals surface area contributed by atoms with Gasteiger partial charge in [-0.3, -0.25) is 5.10 Å². The van der Waals surface area contributed by atoms with Gasteiger partial charge in [-0.15, -0.1) is 0 Å². The van der Waals surface area contributed by atoms with Crippen LogP contribution in [0.25, 0.3) is 10.9 Å². The number of aromatic amines is 1. The molecule has 0 radical (unpaired) electrons. The first-order valence-electron chi connectivity index (χ1n) is 8.67. The van der Waals surface area contributed by atoms with Crippen LogP contribution >= 0.6 is 0 Å². The third kappa shape index (κ3) is 3.74. The standard InChI is InChI=1S/C18H20FN5O2S/c19-16-10-15(27(20,25)26)2-4-18(16)24-7-5-13(6-8-24)22-14-1-3-17-12(9-14)11-21-23-17/h1-4,9-11,13,22H,5-8H2,(H,21,23)(H2,20,25,26). The van der Waals surface area contributed by atoms with Crippen LogP contribution in [0.5, 0.6) is 0 Å². The first-order chi connectivity index (χ1) is 12.9. The predicted molar refractivity (Wildman–Crippen MR) is 103 cm³/mol. The fourth-order valence-electron chi connectivity index (χ4n) is 3.45. The Hall–Kier alpha value is -2.65. The highest BCUT2D eigenvalue weighted by Gasteiger charge is 2.22. The van der Waals surface area contributed by atoms with Gasteiger partial charge >= 0.3 is 0 Å². The normalized spacial score (nSPS) is 16.0. The number of hydrogen-bond acceptors (Lipinski definition) is 5. The number of rotatable bonds is 4. The zero-order chi connectivity index (χ0) is 19.0. The number of hydrogen-bond donors (Lipinski definition) is 3. The van der Waals surface area contributed by atoms with Crippen LogP contribution in [0.4, 0.5) is 15.8 Å². The fraction of sp³-hybridized carbons (Fsp3) is 0.278. The van der Waals surface area contributed by atoms with Crippen molar-refractivity contribution in [3.05, 3.63) is 48.4 Å². The number of halogens is 1. The molecule has 3 aromatic rings. The first-order valence-corrected chi connectivity index (χ1v) is 10.2. The maximum absolute atomic E-state index is 14.3. The summed E-state index contributed by atoms with van der Waals surface area (Å²) in [4.78, 5) is 1.72. The summed E-state index contributed by atoms with van der Waals surface area (Å²) >= 11 is 0. The molecule has 1 aliphatic rings. The Labute approximate surface area is 156 Å². The Morgan fingerprint density at radius 2 is 1.96 bits per heavy atom. The molecule has 0 unspecified atom stereocenters. The number of benzene rings is 2. The van der Waals surface area contributed by atoms with Gasteiger partial charge in [0.05, 0.1) is 22.3 Å². The Kier molecular flexibility index (Phi) is 4.48. The van der Waals surface area contributed by atoms with Crippen LogP contribution in [0, 0.1) is 5.82 Å². The lowest BCUT2D eigenvalue weighted by atomic mass is 10.0. The van der Waals surface area contributed by atoms with Gasteiger partial charge in [0.25, 0.3) is 0 Å². The molecule has 2 aromatic carbocycles. The van der Waals surface area contributed by atoms with Crippen LogP contribution in [-0.2, 0) is 10.0 Å². The van der Waals surface area contributed by atoms with Crippen molar-refractivity contribution in [2.75, 3.05) is 23.3 Å². The lowest BCUT2D eigenvalue weighted by Crippen LogP contribution is -2.39. The van der Waals surface area contributed by atoms with Crippen molar-refractivity contribution >= 4 is 32.3 Å². The zero-order valence-corrected chi connectivity index (χ0v) is 15.3. The topological polar surface area (TPSA) is 104 Å². The number of H-pyrrole nitrogens is 1. The second kappa shape index (κ2) is 6.82. The monoisotopic (exact) mass is 389 g/mol. The number of fused-ring (bicyclic) bond motifs is 1. The molecule has 1 aliphatic heterocycles. The van der Waals surface area contributed by atoms with E-state index >= 15 is 0 Å². The minimum Gasteiger partial charge on any atom is -0.382 e. The molecule has 0 aliphatic carbocycles. The average molecular weight is 389 g/mol. The van der Waals surface area contributed by atoms with Gasteiger partial charge in [0, 0.05) is 30.2 Å². The molecule has 4 rings (SSSR count). The van der Waals surface area contributed by atoms with E-state index < -0.39 is 15.8 Å². The van der Waals surface area contributed by atoms with Crippen molar-refractivity contribution in [1.29, 1.82) is 0 Å². The summed E-state index contributed by atoms with van der Waals surface area (Å²) < 4.78 is 37.0. The second-order valence-electron chi connectivity index (χ2n) is 6.74. The predicted octanol–water partition coefficient (Wildman–Crippen LogP) is 2.43. The smallest absolute Gasteiger partial charge is 0.238 e. The van der Waals surface area contributed by atoms with Crippen LogP contribution in [0.1, 0.15) is 12.8 Å². The number of primary sulfonamides is 1. The van der Waals surface area contributed by atoms with Gasteiger partial charge in [-0.2, -0.15) is 5.10 Å². The number of nitrogens with zero attached hydrogens (tertiary/aromatic N) is 2. The highest BCUT2D eigenvalue weighted by Crippen LogP contribution is 2.27. The maximum Gasteiger partial charge on any atom is 0.238 e. The van der Waals surface area contributed by atoms with E-state index in [0.717, 1.165) is 35.5 Å². The molecule has 0 spiro atoms. The van der Waals surface area contributed by atoms with Gasteiger partial charge in [-0.25, -0.2) is 17.9 Å². The summed E-state index contributed by atoms with van der Waals surface area (Å²) in [6, 6.07) is 10.2. The van der Waals surface area contributed by atoms with E-state index in [4.69, 9.17) is 5.14 Å². The van der Waals surface area contributed by atoms with Crippen LogP contribution in [-0.4, -0.2) is 37.7 Å². The summed E-state index contributed by atoms with van der Waals surface area (Å²) in [7, 11) is -3.90. The van der Waals surface area contributed by atoms with Crippen molar-refractivity contribution in [2.24, 2.45) is 5.14 Å². The maximum atomic E-state index is 14.3. The molecule has 4 N–H and O–H groups in total. The number of nitrogens with two attached hydrogens (primary N) is 1. The van der Waals surface area contributed by atoms with Gasteiger partial charge in [0.15, 0.2) is 0 Å².